The normalized spacial score (nSPS) is 24.2. The molecule has 0 amide bonds. The third kappa shape index (κ3) is 1.80. The van der Waals surface area contributed by atoms with Crippen molar-refractivity contribution in [1.29, 1.82) is 0 Å². The molecular formula is C7H9NO. The van der Waals surface area contributed by atoms with Gasteiger partial charge in [0.2, 0.25) is 0 Å². The molecule has 0 saturated heterocycles. The molecular weight excluding hydrogens is 114 g/mol. The van der Waals surface area contributed by atoms with E-state index in [1.165, 1.54) is 0 Å². The Morgan fingerprint density at radius 2 is 2.67 bits per heavy atom. The lowest BCUT2D eigenvalue weighted by Crippen LogP contribution is -2.05. The molecule has 0 N–H and O–H groups in total. The lowest BCUT2D eigenvalue weighted by Gasteiger charge is -2.06. The quantitative estimate of drug-likeness (QED) is 0.503. The Morgan fingerprint density at radius 1 is 1.78 bits per heavy atom. The van der Waals surface area contributed by atoms with Gasteiger partial charge < -0.3 is 4.79 Å². The minimum absolute atomic E-state index is 0.215. The van der Waals surface area contributed by atoms with Crippen LogP contribution in [0.4, 0.5) is 0 Å². The van der Waals surface area contributed by atoms with Crippen LogP contribution in [0.1, 0.15) is 12.8 Å². The molecule has 1 unspecified atom stereocenters. The first-order valence-electron chi connectivity index (χ1n) is 3.05. The highest BCUT2D eigenvalue weighted by Gasteiger charge is 2.03. The van der Waals surface area contributed by atoms with Crippen molar-refractivity contribution in [2.75, 3.05) is 0 Å². The average molecular weight is 123 g/mol. The van der Waals surface area contributed by atoms with Crippen molar-refractivity contribution in [1.82, 2.24) is 0 Å². The molecule has 0 aromatic carbocycles. The summed E-state index contributed by atoms with van der Waals surface area (Å²) in [6.07, 6.45) is 8.07. The molecule has 1 heterocycles. The maximum Gasteiger partial charge on any atom is 0.122 e. The first-order valence-corrected chi connectivity index (χ1v) is 3.05. The van der Waals surface area contributed by atoms with E-state index >= 15 is 0 Å². The number of carbonyl (C=O) groups is 1. The molecule has 0 aromatic heterocycles. The predicted octanol–water partition coefficient (Wildman–Crippen LogP) is 0.975. The summed E-state index contributed by atoms with van der Waals surface area (Å²) in [5.41, 5.74) is 0. The number of nitrogens with zero attached hydrogens (tertiary/aromatic N) is 1. The van der Waals surface area contributed by atoms with Crippen molar-refractivity contribution in [3.05, 3.63) is 12.2 Å². The highest BCUT2D eigenvalue weighted by atomic mass is 16.1. The summed E-state index contributed by atoms with van der Waals surface area (Å²) in [5.74, 6) is 0. The molecule has 1 atom stereocenters. The van der Waals surface area contributed by atoms with Gasteiger partial charge in [0.15, 0.2) is 0 Å². The standard InChI is InChI=1S/C7H9NO/c9-6-4-7-3-1-2-5-8-7/h1-2,5-7H,3-4H2. The maximum atomic E-state index is 9.98. The van der Waals surface area contributed by atoms with Crippen LogP contribution in [0, 0.1) is 0 Å². The van der Waals surface area contributed by atoms with Crippen molar-refractivity contribution in [3.63, 3.8) is 0 Å². The monoisotopic (exact) mass is 123 g/mol. The van der Waals surface area contributed by atoms with E-state index in [9.17, 15) is 4.79 Å². The molecule has 1 aliphatic rings. The van der Waals surface area contributed by atoms with Gasteiger partial charge in [0, 0.05) is 12.6 Å². The van der Waals surface area contributed by atoms with Gasteiger partial charge >= 0.3 is 0 Å². The molecule has 9 heavy (non-hydrogen) atoms. The molecule has 2 heteroatoms. The summed E-state index contributed by atoms with van der Waals surface area (Å²) >= 11 is 0. The lowest BCUT2D eigenvalue weighted by molar-refractivity contribution is -0.108. The van der Waals surface area contributed by atoms with Gasteiger partial charge in [0.1, 0.15) is 6.29 Å². The lowest BCUT2D eigenvalue weighted by atomic mass is 10.1. The van der Waals surface area contributed by atoms with Crippen LogP contribution in [0.2, 0.25) is 0 Å². The summed E-state index contributed by atoms with van der Waals surface area (Å²) in [5, 5.41) is 0. The van der Waals surface area contributed by atoms with Crippen LogP contribution in [0.3, 0.4) is 0 Å². The molecule has 0 spiro atoms. The number of hydrogen-bond acceptors (Lipinski definition) is 2. The third-order valence-electron chi connectivity index (χ3n) is 1.30. The highest BCUT2D eigenvalue weighted by molar-refractivity contribution is 5.72. The summed E-state index contributed by atoms with van der Waals surface area (Å²) < 4.78 is 0. The Balaban J connectivity index is 2.36. The number of aldehydes is 1. The second kappa shape index (κ2) is 3.17. The zero-order valence-corrected chi connectivity index (χ0v) is 5.16. The zero-order chi connectivity index (χ0) is 6.53. The van der Waals surface area contributed by atoms with E-state index in [1.807, 2.05) is 12.2 Å². The number of aliphatic imine (C=N–C) groups is 1. The van der Waals surface area contributed by atoms with Crippen molar-refractivity contribution >= 4 is 12.5 Å². The van der Waals surface area contributed by atoms with Crippen LogP contribution in [0.15, 0.2) is 17.1 Å². The molecule has 1 aliphatic heterocycles. The summed E-state index contributed by atoms with van der Waals surface area (Å²) in [6, 6.07) is 0.215. The zero-order valence-electron chi connectivity index (χ0n) is 5.16. The van der Waals surface area contributed by atoms with Crippen LogP contribution in [-0.2, 0) is 4.79 Å². The van der Waals surface area contributed by atoms with E-state index in [0.717, 1.165) is 12.7 Å². The van der Waals surface area contributed by atoms with Gasteiger partial charge in [-0.3, -0.25) is 4.99 Å². The van der Waals surface area contributed by atoms with Gasteiger partial charge in [-0.25, -0.2) is 0 Å². The summed E-state index contributed by atoms with van der Waals surface area (Å²) in [6.45, 7) is 0. The molecule has 0 radical (unpaired) electrons. The van der Waals surface area contributed by atoms with E-state index < -0.39 is 0 Å². The van der Waals surface area contributed by atoms with Gasteiger partial charge in [-0.05, 0) is 12.5 Å². The van der Waals surface area contributed by atoms with E-state index in [-0.39, 0.29) is 6.04 Å². The van der Waals surface area contributed by atoms with Gasteiger partial charge in [-0.1, -0.05) is 6.08 Å². The number of allylic oxidation sites excluding steroid dienone is 1. The van der Waals surface area contributed by atoms with E-state index in [0.29, 0.717) is 6.42 Å². The Kier molecular flexibility index (Phi) is 2.19. The predicted molar refractivity (Wildman–Crippen MR) is 36.7 cm³/mol. The number of rotatable bonds is 2. The second-order valence-electron chi connectivity index (χ2n) is 2.02. The van der Waals surface area contributed by atoms with Gasteiger partial charge in [-0.2, -0.15) is 0 Å². The SMILES string of the molecule is O=CCC1CC=CC=N1. The van der Waals surface area contributed by atoms with Crippen molar-refractivity contribution in [3.8, 4) is 0 Å². The second-order valence-corrected chi connectivity index (χ2v) is 2.02. The summed E-state index contributed by atoms with van der Waals surface area (Å²) in [7, 11) is 0. The molecule has 0 bridgehead atoms. The molecule has 0 aliphatic carbocycles. The van der Waals surface area contributed by atoms with Gasteiger partial charge in [0.25, 0.3) is 0 Å². The topological polar surface area (TPSA) is 29.4 Å². The smallest absolute Gasteiger partial charge is 0.122 e. The maximum absolute atomic E-state index is 9.98. The number of hydrogen-bond donors (Lipinski definition) is 0. The molecule has 0 fully saturated rings. The Bertz CT molecular complexity index is 147. The highest BCUT2D eigenvalue weighted by Crippen LogP contribution is 2.05. The van der Waals surface area contributed by atoms with Gasteiger partial charge in [-0.15, -0.1) is 0 Å². The minimum atomic E-state index is 0.215. The fourth-order valence-corrected chi connectivity index (χ4v) is 0.797. The van der Waals surface area contributed by atoms with E-state index in [4.69, 9.17) is 0 Å². The molecule has 2 nitrogen and oxygen atoms in total. The molecule has 0 saturated carbocycles. The molecule has 0 aromatic rings. The Morgan fingerprint density at radius 3 is 3.22 bits per heavy atom. The Hall–Kier alpha value is -0.920. The van der Waals surface area contributed by atoms with Crippen LogP contribution in [-0.4, -0.2) is 18.5 Å². The van der Waals surface area contributed by atoms with Crippen LogP contribution in [0.25, 0.3) is 0 Å². The van der Waals surface area contributed by atoms with Crippen molar-refractivity contribution < 1.29 is 4.79 Å². The molecule has 1 rings (SSSR count). The average Bonchev–Trinajstić information content (AvgIpc) is 1.91. The van der Waals surface area contributed by atoms with Crippen LogP contribution in [0.5, 0.6) is 0 Å². The molecule has 48 valence electrons. The fourth-order valence-electron chi connectivity index (χ4n) is 0.797. The van der Waals surface area contributed by atoms with Crippen LogP contribution >= 0.6 is 0 Å². The summed E-state index contributed by atoms with van der Waals surface area (Å²) in [4.78, 5) is 14.1. The van der Waals surface area contributed by atoms with E-state index in [2.05, 4.69) is 4.99 Å². The Labute approximate surface area is 54.3 Å². The number of dihydropyridines is 1. The first kappa shape index (κ1) is 6.20. The van der Waals surface area contributed by atoms with Gasteiger partial charge in [0.05, 0.1) is 6.04 Å². The van der Waals surface area contributed by atoms with E-state index in [1.54, 1.807) is 6.21 Å². The fraction of sp³-hybridized carbons (Fsp3) is 0.429. The first-order chi connectivity index (χ1) is 4.43. The number of carbonyl (C=O) groups excluding carboxylic acids is 1. The third-order valence-corrected chi connectivity index (χ3v) is 1.30. The van der Waals surface area contributed by atoms with Crippen molar-refractivity contribution in [2.45, 2.75) is 18.9 Å². The largest absolute Gasteiger partial charge is 0.303 e. The van der Waals surface area contributed by atoms with Crippen molar-refractivity contribution in [2.24, 2.45) is 4.99 Å². The van der Waals surface area contributed by atoms with Crippen LogP contribution < -0.4 is 0 Å². The minimum Gasteiger partial charge on any atom is -0.303 e.